The minimum atomic E-state index is -0.0464. The van der Waals surface area contributed by atoms with Gasteiger partial charge in [-0.25, -0.2) is 0 Å². The van der Waals surface area contributed by atoms with Crippen molar-refractivity contribution in [3.05, 3.63) is 11.6 Å². The number of hydrogen-bond acceptors (Lipinski definition) is 2. The summed E-state index contributed by atoms with van der Waals surface area (Å²) in [4.78, 5) is 4.18. The largest absolute Gasteiger partial charge is 0.293 e. The Kier molecular flexibility index (Phi) is 3.20. The van der Waals surface area contributed by atoms with Crippen LogP contribution in [0.2, 0.25) is 0 Å². The van der Waals surface area contributed by atoms with Crippen molar-refractivity contribution in [1.29, 1.82) is 5.26 Å². The molecule has 0 bridgehead atoms. The molecule has 1 fully saturated rings. The Hall–Kier alpha value is -1.10. The lowest BCUT2D eigenvalue weighted by atomic mass is 9.71. The van der Waals surface area contributed by atoms with Crippen LogP contribution >= 0.6 is 0 Å². The van der Waals surface area contributed by atoms with Gasteiger partial charge >= 0.3 is 0 Å². The highest BCUT2D eigenvalue weighted by Gasteiger charge is 2.32. The molecule has 1 saturated carbocycles. The standard InChI is InChI=1S/C13H18N2/c14-11-13(6-2-1-3-7-13)10-12-4-8-15-9-5-12/h4,8H,1-3,5-7,9-10H2. The van der Waals surface area contributed by atoms with Crippen molar-refractivity contribution in [1.82, 2.24) is 0 Å². The van der Waals surface area contributed by atoms with Crippen LogP contribution in [0.25, 0.3) is 0 Å². The van der Waals surface area contributed by atoms with Crippen molar-refractivity contribution in [2.24, 2.45) is 10.4 Å². The maximum absolute atomic E-state index is 9.36. The summed E-state index contributed by atoms with van der Waals surface area (Å²) in [5.41, 5.74) is 1.38. The first kappa shape index (κ1) is 10.4. The number of dihydropyridines is 1. The molecule has 0 aromatic rings. The lowest BCUT2D eigenvalue weighted by Gasteiger charge is -2.31. The first-order valence-electron chi connectivity index (χ1n) is 5.94. The molecule has 0 radical (unpaired) electrons. The van der Waals surface area contributed by atoms with Crippen LogP contribution in [0.4, 0.5) is 0 Å². The molecule has 0 amide bonds. The summed E-state index contributed by atoms with van der Waals surface area (Å²) in [6.07, 6.45) is 12.0. The monoisotopic (exact) mass is 202 g/mol. The molecule has 0 unspecified atom stereocenters. The van der Waals surface area contributed by atoms with Crippen molar-refractivity contribution >= 4 is 6.21 Å². The molecule has 15 heavy (non-hydrogen) atoms. The van der Waals surface area contributed by atoms with Gasteiger partial charge in [-0.05, 0) is 31.8 Å². The number of nitrogens with zero attached hydrogens (tertiary/aromatic N) is 2. The number of nitriles is 1. The minimum absolute atomic E-state index is 0.0464. The van der Waals surface area contributed by atoms with Crippen LogP contribution in [0.1, 0.15) is 44.9 Å². The quantitative estimate of drug-likeness (QED) is 0.677. The smallest absolute Gasteiger partial charge is 0.0693 e. The predicted molar refractivity (Wildman–Crippen MR) is 61.8 cm³/mol. The molecule has 0 aromatic carbocycles. The predicted octanol–water partition coefficient (Wildman–Crippen LogP) is 3.25. The fourth-order valence-electron chi connectivity index (χ4n) is 2.66. The molecule has 1 aliphatic heterocycles. The first-order chi connectivity index (χ1) is 7.35. The molecular formula is C13H18N2. The maximum Gasteiger partial charge on any atom is 0.0693 e. The summed E-state index contributed by atoms with van der Waals surface area (Å²) in [5, 5.41) is 9.36. The van der Waals surface area contributed by atoms with E-state index in [1.54, 1.807) is 0 Å². The summed E-state index contributed by atoms with van der Waals surface area (Å²) in [6, 6.07) is 2.58. The van der Waals surface area contributed by atoms with E-state index in [-0.39, 0.29) is 5.41 Å². The Bertz CT molecular complexity index is 314. The van der Waals surface area contributed by atoms with Crippen molar-refractivity contribution in [2.75, 3.05) is 6.54 Å². The van der Waals surface area contributed by atoms with E-state index in [1.807, 2.05) is 6.21 Å². The van der Waals surface area contributed by atoms with Gasteiger partial charge in [-0.1, -0.05) is 24.8 Å². The van der Waals surface area contributed by atoms with Crippen LogP contribution in [0, 0.1) is 16.7 Å². The molecule has 2 aliphatic rings. The van der Waals surface area contributed by atoms with Crippen LogP contribution in [0.3, 0.4) is 0 Å². The number of rotatable bonds is 2. The lowest BCUT2D eigenvalue weighted by Crippen LogP contribution is -2.23. The van der Waals surface area contributed by atoms with Crippen molar-refractivity contribution in [3.8, 4) is 6.07 Å². The molecular weight excluding hydrogens is 184 g/mol. The molecule has 2 heteroatoms. The summed E-state index contributed by atoms with van der Waals surface area (Å²) in [6.45, 7) is 0.910. The molecule has 80 valence electrons. The summed E-state index contributed by atoms with van der Waals surface area (Å²) < 4.78 is 0. The van der Waals surface area contributed by atoms with Gasteiger partial charge in [-0.2, -0.15) is 5.26 Å². The fraction of sp³-hybridized carbons (Fsp3) is 0.692. The van der Waals surface area contributed by atoms with Crippen molar-refractivity contribution < 1.29 is 0 Å². The lowest BCUT2D eigenvalue weighted by molar-refractivity contribution is 0.263. The van der Waals surface area contributed by atoms with E-state index in [9.17, 15) is 5.26 Å². The van der Waals surface area contributed by atoms with Crippen LogP contribution in [-0.4, -0.2) is 12.8 Å². The molecule has 2 nitrogen and oxygen atoms in total. The maximum atomic E-state index is 9.36. The van der Waals surface area contributed by atoms with Gasteiger partial charge in [0.2, 0.25) is 0 Å². The third-order valence-electron chi connectivity index (χ3n) is 3.59. The van der Waals surface area contributed by atoms with Gasteiger partial charge in [0.1, 0.15) is 0 Å². The van der Waals surface area contributed by atoms with Gasteiger partial charge in [-0.15, -0.1) is 0 Å². The zero-order chi connectivity index (χ0) is 10.6. The second-order valence-corrected chi connectivity index (χ2v) is 4.76. The van der Waals surface area contributed by atoms with Gasteiger partial charge in [0.15, 0.2) is 0 Å². The van der Waals surface area contributed by atoms with Gasteiger partial charge in [0.25, 0.3) is 0 Å². The zero-order valence-corrected chi connectivity index (χ0v) is 9.21. The SMILES string of the molecule is N#CC1(CC2=CC=NCC2)CCCCC1. The second kappa shape index (κ2) is 4.61. The Morgan fingerprint density at radius 3 is 2.73 bits per heavy atom. The van der Waals surface area contributed by atoms with Gasteiger partial charge in [0.05, 0.1) is 11.5 Å². The summed E-state index contributed by atoms with van der Waals surface area (Å²) in [7, 11) is 0. The second-order valence-electron chi connectivity index (χ2n) is 4.76. The normalized spacial score (nSPS) is 24.3. The molecule has 1 heterocycles. The molecule has 0 aromatic heterocycles. The highest BCUT2D eigenvalue weighted by molar-refractivity contribution is 5.73. The Balaban J connectivity index is 2.04. The van der Waals surface area contributed by atoms with E-state index in [1.165, 1.54) is 24.8 Å². The van der Waals surface area contributed by atoms with E-state index >= 15 is 0 Å². The Labute approximate surface area is 91.7 Å². The molecule has 0 atom stereocenters. The van der Waals surface area contributed by atoms with Gasteiger partial charge < -0.3 is 0 Å². The molecule has 0 saturated heterocycles. The van der Waals surface area contributed by atoms with E-state index in [4.69, 9.17) is 0 Å². The topological polar surface area (TPSA) is 36.1 Å². The van der Waals surface area contributed by atoms with E-state index < -0.39 is 0 Å². The third-order valence-corrected chi connectivity index (χ3v) is 3.59. The summed E-state index contributed by atoms with van der Waals surface area (Å²) in [5.74, 6) is 0. The zero-order valence-electron chi connectivity index (χ0n) is 9.21. The molecule has 0 spiro atoms. The molecule has 1 aliphatic carbocycles. The van der Waals surface area contributed by atoms with Crippen molar-refractivity contribution in [3.63, 3.8) is 0 Å². The highest BCUT2D eigenvalue weighted by atomic mass is 14.7. The van der Waals surface area contributed by atoms with Gasteiger partial charge in [-0.3, -0.25) is 4.99 Å². The van der Waals surface area contributed by atoms with E-state index in [0.717, 1.165) is 32.2 Å². The Morgan fingerprint density at radius 1 is 1.33 bits per heavy atom. The average molecular weight is 202 g/mol. The average Bonchev–Trinajstić information content (AvgIpc) is 2.32. The van der Waals surface area contributed by atoms with Crippen molar-refractivity contribution in [2.45, 2.75) is 44.9 Å². The third kappa shape index (κ3) is 2.47. The summed E-state index contributed by atoms with van der Waals surface area (Å²) >= 11 is 0. The van der Waals surface area contributed by atoms with E-state index in [0.29, 0.717) is 0 Å². The number of allylic oxidation sites excluding steroid dienone is 1. The van der Waals surface area contributed by atoms with E-state index in [2.05, 4.69) is 17.1 Å². The fourth-order valence-corrected chi connectivity index (χ4v) is 2.66. The number of hydrogen-bond donors (Lipinski definition) is 0. The minimum Gasteiger partial charge on any atom is -0.293 e. The number of aliphatic imine (C=N–C) groups is 1. The Morgan fingerprint density at radius 2 is 2.13 bits per heavy atom. The van der Waals surface area contributed by atoms with Gasteiger partial charge in [0, 0.05) is 12.8 Å². The highest BCUT2D eigenvalue weighted by Crippen LogP contribution is 2.41. The molecule has 0 N–H and O–H groups in total. The first-order valence-corrected chi connectivity index (χ1v) is 5.94. The molecule has 2 rings (SSSR count). The van der Waals surface area contributed by atoms with Crippen LogP contribution in [0.5, 0.6) is 0 Å². The van der Waals surface area contributed by atoms with Crippen LogP contribution in [0.15, 0.2) is 16.6 Å². The van der Waals surface area contributed by atoms with Crippen LogP contribution < -0.4 is 0 Å². The van der Waals surface area contributed by atoms with Crippen LogP contribution in [-0.2, 0) is 0 Å².